The molecule has 0 radical (unpaired) electrons. The highest BCUT2D eigenvalue weighted by molar-refractivity contribution is 6.03. The first-order valence-corrected chi connectivity index (χ1v) is 9.84. The maximum atomic E-state index is 12.8. The van der Waals surface area contributed by atoms with Crippen molar-refractivity contribution in [3.63, 3.8) is 0 Å². The van der Waals surface area contributed by atoms with Crippen molar-refractivity contribution in [2.24, 2.45) is 0 Å². The van der Waals surface area contributed by atoms with Crippen LogP contribution in [0.25, 0.3) is 16.7 Å². The van der Waals surface area contributed by atoms with Crippen molar-refractivity contribution in [1.29, 1.82) is 0 Å². The maximum Gasteiger partial charge on any atom is 0.248 e. The van der Waals surface area contributed by atoms with Crippen LogP contribution in [0, 0.1) is 6.92 Å². The van der Waals surface area contributed by atoms with E-state index < -0.39 is 0 Å². The van der Waals surface area contributed by atoms with Gasteiger partial charge in [0.25, 0.3) is 0 Å². The van der Waals surface area contributed by atoms with Crippen molar-refractivity contribution in [3.05, 3.63) is 66.0 Å². The number of hydrogen-bond acceptors (Lipinski definition) is 6. The molecule has 8 nitrogen and oxygen atoms in total. The molecule has 1 aliphatic heterocycles. The molecule has 0 spiro atoms. The molecule has 5 rings (SSSR count). The Bertz CT molecular complexity index is 1250. The van der Waals surface area contributed by atoms with E-state index in [0.717, 1.165) is 22.4 Å². The average molecular weight is 400 g/mol. The van der Waals surface area contributed by atoms with Crippen molar-refractivity contribution in [2.75, 3.05) is 24.5 Å². The summed E-state index contributed by atoms with van der Waals surface area (Å²) in [7, 11) is 0. The van der Waals surface area contributed by atoms with Gasteiger partial charge in [-0.15, -0.1) is 10.2 Å². The summed E-state index contributed by atoms with van der Waals surface area (Å²) in [5, 5.41) is 8.44. The first kappa shape index (κ1) is 18.2. The average Bonchev–Trinajstić information content (AvgIpc) is 3.15. The normalized spacial score (nSPS) is 14.8. The number of anilines is 1. The topological polar surface area (TPSA) is 83.7 Å². The highest BCUT2D eigenvalue weighted by atomic mass is 16.2. The van der Waals surface area contributed by atoms with Gasteiger partial charge in [-0.2, -0.15) is 0 Å². The summed E-state index contributed by atoms with van der Waals surface area (Å²) in [4.78, 5) is 33.4. The van der Waals surface area contributed by atoms with Gasteiger partial charge in [0.1, 0.15) is 5.82 Å². The molecule has 30 heavy (non-hydrogen) atoms. The van der Waals surface area contributed by atoms with Gasteiger partial charge in [-0.25, -0.2) is 4.98 Å². The van der Waals surface area contributed by atoms with Gasteiger partial charge in [0.15, 0.2) is 5.82 Å². The third-order valence-corrected chi connectivity index (χ3v) is 5.39. The molecule has 0 aliphatic carbocycles. The molecule has 2 amide bonds. The van der Waals surface area contributed by atoms with Crippen LogP contribution in [0.4, 0.5) is 5.82 Å². The Morgan fingerprint density at radius 3 is 2.37 bits per heavy atom. The quantitative estimate of drug-likeness (QED) is 0.487. The zero-order chi connectivity index (χ0) is 20.7. The summed E-state index contributed by atoms with van der Waals surface area (Å²) in [6.45, 7) is 2.40. The van der Waals surface area contributed by atoms with Gasteiger partial charge in [-0.1, -0.05) is 42.5 Å². The molecule has 1 aliphatic rings. The number of amides is 2. The minimum Gasteiger partial charge on any atom is -0.335 e. The number of imide groups is 1. The molecule has 2 aromatic heterocycles. The van der Waals surface area contributed by atoms with E-state index >= 15 is 0 Å². The van der Waals surface area contributed by atoms with Gasteiger partial charge in [0.2, 0.25) is 17.5 Å². The lowest BCUT2D eigenvalue weighted by molar-refractivity contribution is -0.145. The van der Waals surface area contributed by atoms with Crippen LogP contribution in [0.3, 0.4) is 0 Å². The summed E-state index contributed by atoms with van der Waals surface area (Å²) in [5.41, 5.74) is 3.29. The molecule has 0 N–H and O–H groups in total. The summed E-state index contributed by atoms with van der Waals surface area (Å²) in [6, 6.07) is 17.5. The van der Waals surface area contributed by atoms with Crippen LogP contribution in [0.15, 0.2) is 54.6 Å². The van der Waals surface area contributed by atoms with Gasteiger partial charge >= 0.3 is 0 Å². The minimum absolute atomic E-state index is 0.0768. The van der Waals surface area contributed by atoms with Crippen LogP contribution < -0.4 is 4.90 Å². The molecule has 0 unspecified atom stereocenters. The molecule has 1 saturated heterocycles. The van der Waals surface area contributed by atoms with Crippen LogP contribution in [-0.2, 0) is 16.0 Å². The first-order chi connectivity index (χ1) is 14.6. The lowest BCUT2D eigenvalue weighted by Gasteiger charge is -2.33. The maximum absolute atomic E-state index is 12.8. The van der Waals surface area contributed by atoms with Gasteiger partial charge in [0.05, 0.1) is 24.1 Å². The Balaban J connectivity index is 1.44. The third kappa shape index (κ3) is 3.06. The summed E-state index contributed by atoms with van der Waals surface area (Å²) < 4.78 is 1.91. The number of benzene rings is 2. The molecule has 0 saturated carbocycles. The SMILES string of the molecule is Cc1nnc2c(N3CC(=O)N(CCc4ccccc4)C(=O)C3)nc3ccccc3n12. The zero-order valence-electron chi connectivity index (χ0n) is 16.5. The molecule has 150 valence electrons. The van der Waals surface area contributed by atoms with Gasteiger partial charge in [0, 0.05) is 6.54 Å². The minimum atomic E-state index is -0.230. The molecule has 3 heterocycles. The number of carbonyl (C=O) groups excluding carboxylic acids is 2. The van der Waals surface area contributed by atoms with E-state index in [1.807, 2.05) is 65.9 Å². The first-order valence-electron chi connectivity index (χ1n) is 9.84. The van der Waals surface area contributed by atoms with Gasteiger partial charge in [-0.3, -0.25) is 18.9 Å². The number of aromatic nitrogens is 4. The number of carbonyl (C=O) groups is 2. The van der Waals surface area contributed by atoms with E-state index in [-0.39, 0.29) is 24.9 Å². The summed E-state index contributed by atoms with van der Waals surface area (Å²) >= 11 is 0. The van der Waals surface area contributed by atoms with Crippen molar-refractivity contribution in [2.45, 2.75) is 13.3 Å². The Labute approximate surface area is 172 Å². The smallest absolute Gasteiger partial charge is 0.248 e. The second kappa shape index (κ2) is 7.22. The second-order valence-electron chi connectivity index (χ2n) is 7.36. The number of hydrogen-bond donors (Lipinski definition) is 0. The number of fused-ring (bicyclic) bond motifs is 3. The molecular formula is C22H20N6O2. The van der Waals surface area contributed by atoms with E-state index in [9.17, 15) is 9.59 Å². The Kier molecular flexibility index (Phi) is 4.39. The van der Waals surface area contributed by atoms with Crippen LogP contribution in [0.2, 0.25) is 0 Å². The van der Waals surface area contributed by atoms with E-state index in [1.165, 1.54) is 4.90 Å². The summed E-state index contributed by atoms with van der Waals surface area (Å²) in [5.74, 6) is 0.765. The molecular weight excluding hydrogens is 380 g/mol. The number of aryl methyl sites for hydroxylation is 1. The van der Waals surface area contributed by atoms with Crippen molar-refractivity contribution >= 4 is 34.3 Å². The van der Waals surface area contributed by atoms with E-state index in [1.54, 1.807) is 4.90 Å². The standard InChI is InChI=1S/C22H20N6O2/c1-15-24-25-22-21(23-17-9-5-6-10-18(17)28(15)22)26-13-19(29)27(20(30)14-26)12-11-16-7-3-2-4-8-16/h2-10H,11-14H2,1H3. The Morgan fingerprint density at radius 2 is 1.60 bits per heavy atom. The predicted molar refractivity (Wildman–Crippen MR) is 112 cm³/mol. The fourth-order valence-electron chi connectivity index (χ4n) is 3.90. The largest absolute Gasteiger partial charge is 0.335 e. The zero-order valence-corrected chi connectivity index (χ0v) is 16.5. The Hall–Kier alpha value is -3.81. The molecule has 2 aromatic carbocycles. The Morgan fingerprint density at radius 1 is 0.900 bits per heavy atom. The number of piperazine rings is 1. The van der Waals surface area contributed by atoms with E-state index in [2.05, 4.69) is 10.2 Å². The number of para-hydroxylation sites is 2. The van der Waals surface area contributed by atoms with Crippen molar-refractivity contribution in [1.82, 2.24) is 24.5 Å². The number of rotatable bonds is 4. The molecule has 1 fully saturated rings. The molecule has 4 aromatic rings. The predicted octanol–water partition coefficient (Wildman–Crippen LogP) is 2.00. The fraction of sp³-hybridized carbons (Fsp3) is 0.227. The highest BCUT2D eigenvalue weighted by Gasteiger charge is 2.33. The molecule has 0 bridgehead atoms. The van der Waals surface area contributed by atoms with E-state index in [4.69, 9.17) is 4.98 Å². The lowest BCUT2D eigenvalue weighted by Crippen LogP contribution is -2.54. The fourth-order valence-corrected chi connectivity index (χ4v) is 3.90. The highest BCUT2D eigenvalue weighted by Crippen LogP contribution is 2.25. The van der Waals surface area contributed by atoms with Crippen molar-refractivity contribution < 1.29 is 9.59 Å². The van der Waals surface area contributed by atoms with Gasteiger partial charge in [-0.05, 0) is 31.0 Å². The van der Waals surface area contributed by atoms with Crippen LogP contribution in [0.5, 0.6) is 0 Å². The second-order valence-corrected chi connectivity index (χ2v) is 7.36. The monoisotopic (exact) mass is 400 g/mol. The lowest BCUT2D eigenvalue weighted by atomic mass is 10.1. The van der Waals surface area contributed by atoms with Gasteiger partial charge < -0.3 is 4.90 Å². The van der Waals surface area contributed by atoms with Crippen LogP contribution in [0.1, 0.15) is 11.4 Å². The van der Waals surface area contributed by atoms with Crippen LogP contribution >= 0.6 is 0 Å². The van der Waals surface area contributed by atoms with E-state index in [0.29, 0.717) is 24.4 Å². The van der Waals surface area contributed by atoms with Crippen molar-refractivity contribution in [3.8, 4) is 0 Å². The molecule has 0 atom stereocenters. The molecule has 8 heteroatoms. The third-order valence-electron chi connectivity index (χ3n) is 5.39. The summed E-state index contributed by atoms with van der Waals surface area (Å²) in [6.07, 6.45) is 0.639. The number of nitrogens with zero attached hydrogens (tertiary/aromatic N) is 6. The van der Waals surface area contributed by atoms with Crippen LogP contribution in [-0.4, -0.2) is 55.9 Å².